The van der Waals surface area contributed by atoms with Crippen LogP contribution >= 0.6 is 15.9 Å². The van der Waals surface area contributed by atoms with E-state index in [1.807, 2.05) is 24.1 Å². The molecule has 2 aromatic rings. The van der Waals surface area contributed by atoms with E-state index in [0.29, 0.717) is 0 Å². The SMILES string of the molecule is Cn1cc(Br)c(Cc2cnn(CC3CC3)c2)n1. The van der Waals surface area contributed by atoms with E-state index in [1.54, 1.807) is 0 Å². The van der Waals surface area contributed by atoms with Gasteiger partial charge in [-0.3, -0.25) is 9.36 Å². The van der Waals surface area contributed by atoms with Gasteiger partial charge in [-0.25, -0.2) is 0 Å². The van der Waals surface area contributed by atoms with E-state index >= 15 is 0 Å². The van der Waals surface area contributed by atoms with Crippen LogP contribution in [0.1, 0.15) is 24.1 Å². The Hall–Kier alpha value is -1.10. The first-order valence-corrected chi connectivity index (χ1v) is 6.69. The number of hydrogen-bond acceptors (Lipinski definition) is 2. The minimum absolute atomic E-state index is 0.839. The highest BCUT2D eigenvalue weighted by Gasteiger charge is 2.22. The highest BCUT2D eigenvalue weighted by Crippen LogP contribution is 2.30. The minimum atomic E-state index is 0.839. The van der Waals surface area contributed by atoms with Gasteiger partial charge in [-0.2, -0.15) is 10.2 Å². The summed E-state index contributed by atoms with van der Waals surface area (Å²) in [7, 11) is 1.94. The second kappa shape index (κ2) is 4.29. The summed E-state index contributed by atoms with van der Waals surface area (Å²) in [5, 5.41) is 8.82. The molecule has 2 heterocycles. The summed E-state index contributed by atoms with van der Waals surface area (Å²) >= 11 is 3.52. The monoisotopic (exact) mass is 294 g/mol. The summed E-state index contributed by atoms with van der Waals surface area (Å²) in [4.78, 5) is 0. The quantitative estimate of drug-likeness (QED) is 0.868. The first kappa shape index (κ1) is 11.0. The predicted octanol–water partition coefficient (Wildman–Crippen LogP) is 2.38. The molecule has 1 saturated carbocycles. The maximum atomic E-state index is 4.42. The fourth-order valence-electron chi connectivity index (χ4n) is 1.98. The van der Waals surface area contributed by atoms with Crippen molar-refractivity contribution >= 4 is 15.9 Å². The molecule has 0 N–H and O–H groups in total. The van der Waals surface area contributed by atoms with Crippen LogP contribution < -0.4 is 0 Å². The third-order valence-corrected chi connectivity index (χ3v) is 3.72. The van der Waals surface area contributed by atoms with Gasteiger partial charge in [-0.1, -0.05) is 0 Å². The van der Waals surface area contributed by atoms with Gasteiger partial charge in [0.25, 0.3) is 0 Å². The fraction of sp³-hybridized carbons (Fsp3) is 0.500. The lowest BCUT2D eigenvalue weighted by Crippen LogP contribution is -1.99. The second-order valence-electron chi connectivity index (χ2n) is 4.79. The van der Waals surface area contributed by atoms with E-state index in [4.69, 9.17) is 0 Å². The lowest BCUT2D eigenvalue weighted by molar-refractivity contribution is 0.563. The summed E-state index contributed by atoms with van der Waals surface area (Å²) in [5.74, 6) is 0.865. The molecule has 3 rings (SSSR count). The number of halogens is 1. The fourth-order valence-corrected chi connectivity index (χ4v) is 2.50. The van der Waals surface area contributed by atoms with Crippen molar-refractivity contribution in [2.24, 2.45) is 13.0 Å². The van der Waals surface area contributed by atoms with Crippen molar-refractivity contribution in [1.29, 1.82) is 0 Å². The topological polar surface area (TPSA) is 35.6 Å². The Balaban J connectivity index is 1.71. The maximum Gasteiger partial charge on any atom is 0.0811 e. The van der Waals surface area contributed by atoms with Crippen LogP contribution in [0.3, 0.4) is 0 Å². The zero-order valence-electron chi connectivity index (χ0n) is 9.80. The molecule has 0 bridgehead atoms. The zero-order valence-corrected chi connectivity index (χ0v) is 11.4. The molecule has 17 heavy (non-hydrogen) atoms. The number of hydrogen-bond donors (Lipinski definition) is 0. The first-order valence-electron chi connectivity index (χ1n) is 5.90. The smallest absolute Gasteiger partial charge is 0.0811 e. The van der Waals surface area contributed by atoms with Gasteiger partial charge in [0.2, 0.25) is 0 Å². The molecule has 90 valence electrons. The molecule has 4 nitrogen and oxygen atoms in total. The summed E-state index contributed by atoms with van der Waals surface area (Å²) < 4.78 is 4.95. The van der Waals surface area contributed by atoms with Crippen LogP contribution in [0.4, 0.5) is 0 Å². The van der Waals surface area contributed by atoms with Gasteiger partial charge in [0.15, 0.2) is 0 Å². The van der Waals surface area contributed by atoms with Gasteiger partial charge in [-0.15, -0.1) is 0 Å². The van der Waals surface area contributed by atoms with E-state index in [2.05, 4.69) is 37.0 Å². The molecule has 0 atom stereocenters. The molecular weight excluding hydrogens is 280 g/mol. The van der Waals surface area contributed by atoms with Crippen molar-refractivity contribution in [3.05, 3.63) is 34.3 Å². The third kappa shape index (κ3) is 2.60. The Morgan fingerprint density at radius 2 is 2.24 bits per heavy atom. The van der Waals surface area contributed by atoms with Crippen LogP contribution in [-0.4, -0.2) is 19.6 Å². The van der Waals surface area contributed by atoms with Crippen molar-refractivity contribution in [3.63, 3.8) is 0 Å². The van der Waals surface area contributed by atoms with Crippen molar-refractivity contribution < 1.29 is 0 Å². The molecule has 1 aliphatic rings. The van der Waals surface area contributed by atoms with Gasteiger partial charge in [0.1, 0.15) is 0 Å². The van der Waals surface area contributed by atoms with Gasteiger partial charge >= 0.3 is 0 Å². The van der Waals surface area contributed by atoms with Crippen LogP contribution in [0, 0.1) is 5.92 Å². The second-order valence-corrected chi connectivity index (χ2v) is 5.64. The molecule has 1 fully saturated rings. The van der Waals surface area contributed by atoms with E-state index < -0.39 is 0 Å². The molecular formula is C12H15BrN4. The van der Waals surface area contributed by atoms with Gasteiger partial charge < -0.3 is 0 Å². The van der Waals surface area contributed by atoms with Gasteiger partial charge in [-0.05, 0) is 40.3 Å². The summed E-state index contributed by atoms with van der Waals surface area (Å²) in [5.41, 5.74) is 2.29. The summed E-state index contributed by atoms with van der Waals surface area (Å²) in [6, 6.07) is 0. The lowest BCUT2D eigenvalue weighted by Gasteiger charge is -1.97. The lowest BCUT2D eigenvalue weighted by atomic mass is 10.2. The normalized spacial score (nSPS) is 15.4. The van der Waals surface area contributed by atoms with Crippen LogP contribution in [0.15, 0.2) is 23.1 Å². The Labute approximate surface area is 109 Å². The molecule has 5 heteroatoms. The maximum absolute atomic E-state index is 4.42. The van der Waals surface area contributed by atoms with E-state index in [-0.39, 0.29) is 0 Å². The van der Waals surface area contributed by atoms with E-state index in [1.165, 1.54) is 18.4 Å². The van der Waals surface area contributed by atoms with Crippen LogP contribution in [0.25, 0.3) is 0 Å². The third-order valence-electron chi connectivity index (χ3n) is 3.05. The van der Waals surface area contributed by atoms with Crippen LogP contribution in [-0.2, 0) is 20.0 Å². The van der Waals surface area contributed by atoms with Crippen LogP contribution in [0.2, 0.25) is 0 Å². The van der Waals surface area contributed by atoms with Crippen molar-refractivity contribution in [2.45, 2.75) is 25.8 Å². The van der Waals surface area contributed by atoms with E-state index in [0.717, 1.165) is 29.1 Å². The number of rotatable bonds is 4. The highest BCUT2D eigenvalue weighted by atomic mass is 79.9. The first-order chi connectivity index (χ1) is 8.20. The Morgan fingerprint density at radius 3 is 2.88 bits per heavy atom. The molecule has 1 aliphatic carbocycles. The van der Waals surface area contributed by atoms with Gasteiger partial charge in [0, 0.05) is 32.4 Å². The summed E-state index contributed by atoms with van der Waals surface area (Å²) in [6.07, 6.45) is 9.63. The molecule has 0 unspecified atom stereocenters. The minimum Gasteiger partial charge on any atom is -0.274 e. The highest BCUT2D eigenvalue weighted by molar-refractivity contribution is 9.10. The summed E-state index contributed by atoms with van der Waals surface area (Å²) in [6.45, 7) is 1.07. The molecule has 0 radical (unpaired) electrons. The number of aryl methyl sites for hydroxylation is 1. The Morgan fingerprint density at radius 1 is 1.41 bits per heavy atom. The average molecular weight is 295 g/mol. The largest absolute Gasteiger partial charge is 0.274 e. The molecule has 0 aliphatic heterocycles. The number of nitrogens with zero attached hydrogens (tertiary/aromatic N) is 4. The van der Waals surface area contributed by atoms with E-state index in [9.17, 15) is 0 Å². The standard InChI is InChI=1S/C12H15BrN4/c1-16-8-11(13)12(15-16)4-10-5-14-17(7-10)6-9-2-3-9/h5,7-9H,2-4,6H2,1H3. The van der Waals surface area contributed by atoms with Crippen LogP contribution in [0.5, 0.6) is 0 Å². The molecule has 0 saturated heterocycles. The molecule has 0 aromatic carbocycles. The molecule has 0 spiro atoms. The van der Waals surface area contributed by atoms with Crippen molar-refractivity contribution in [3.8, 4) is 0 Å². The predicted molar refractivity (Wildman–Crippen MR) is 68.7 cm³/mol. The average Bonchev–Trinajstić information content (AvgIpc) is 2.88. The Bertz CT molecular complexity index is 524. The molecule has 2 aromatic heterocycles. The Kier molecular flexibility index (Phi) is 2.78. The molecule has 0 amide bonds. The van der Waals surface area contributed by atoms with Gasteiger partial charge in [0.05, 0.1) is 16.4 Å². The van der Waals surface area contributed by atoms with Crippen molar-refractivity contribution in [1.82, 2.24) is 19.6 Å². The zero-order chi connectivity index (χ0) is 11.8. The number of aromatic nitrogens is 4. The van der Waals surface area contributed by atoms with Crippen molar-refractivity contribution in [2.75, 3.05) is 0 Å².